The molecular weight excluding hydrogens is 300 g/mol. The number of hydrogen-bond acceptors (Lipinski definition) is 3. The van der Waals surface area contributed by atoms with Crippen LogP contribution in [0, 0.1) is 5.92 Å². The van der Waals surface area contributed by atoms with E-state index in [0.717, 1.165) is 22.4 Å². The first-order chi connectivity index (χ1) is 10.2. The van der Waals surface area contributed by atoms with Crippen molar-refractivity contribution in [2.24, 2.45) is 10.9 Å². The number of nitrogens with zero attached hydrogens (tertiary/aromatic N) is 2. The van der Waals surface area contributed by atoms with Crippen LogP contribution in [-0.2, 0) is 0 Å². The van der Waals surface area contributed by atoms with Crippen LogP contribution in [-0.4, -0.2) is 48.3 Å². The van der Waals surface area contributed by atoms with Gasteiger partial charge in [-0.15, -0.1) is 0 Å². The molecule has 2 aliphatic heterocycles. The fraction of sp³-hybridized carbons (Fsp3) is 0.588. The molecule has 0 aromatic carbocycles. The van der Waals surface area contributed by atoms with E-state index in [-0.39, 0.29) is 0 Å². The van der Waals surface area contributed by atoms with Gasteiger partial charge in [0.05, 0.1) is 5.71 Å². The molecular formula is C17H23ClN2S. The topological polar surface area (TPSA) is 15.6 Å². The Morgan fingerprint density at radius 1 is 1.29 bits per heavy atom. The first-order valence-electron chi connectivity index (χ1n) is 7.77. The van der Waals surface area contributed by atoms with E-state index in [2.05, 4.69) is 39.9 Å². The van der Waals surface area contributed by atoms with Crippen LogP contribution in [0.1, 0.15) is 19.8 Å². The molecule has 1 aliphatic carbocycles. The molecule has 0 bridgehead atoms. The van der Waals surface area contributed by atoms with Crippen molar-refractivity contribution in [3.63, 3.8) is 0 Å². The highest BCUT2D eigenvalue weighted by Crippen LogP contribution is 2.36. The highest BCUT2D eigenvalue weighted by Gasteiger charge is 2.31. The minimum Gasteiger partial charge on any atom is -0.299 e. The summed E-state index contributed by atoms with van der Waals surface area (Å²) in [6.45, 7) is 4.47. The van der Waals surface area contributed by atoms with Crippen LogP contribution in [0.4, 0.5) is 0 Å². The third-order valence-electron chi connectivity index (χ3n) is 4.80. The van der Waals surface area contributed by atoms with Gasteiger partial charge in [0.25, 0.3) is 0 Å². The van der Waals surface area contributed by atoms with Crippen LogP contribution in [0.3, 0.4) is 0 Å². The predicted octanol–water partition coefficient (Wildman–Crippen LogP) is 3.89. The zero-order chi connectivity index (χ0) is 14.8. The Labute approximate surface area is 137 Å². The number of halogens is 1. The van der Waals surface area contributed by atoms with E-state index in [4.69, 9.17) is 11.6 Å². The molecule has 2 nitrogen and oxygen atoms in total. The second-order valence-electron chi connectivity index (χ2n) is 5.95. The maximum absolute atomic E-state index is 6.53. The van der Waals surface area contributed by atoms with Gasteiger partial charge in [-0.3, -0.25) is 9.89 Å². The average Bonchev–Trinajstić information content (AvgIpc) is 2.46. The lowest BCUT2D eigenvalue weighted by molar-refractivity contribution is 0.161. The summed E-state index contributed by atoms with van der Waals surface area (Å²) in [5.74, 6) is 3.24. The van der Waals surface area contributed by atoms with Crippen molar-refractivity contribution in [3.05, 3.63) is 34.4 Å². The summed E-state index contributed by atoms with van der Waals surface area (Å²) in [4.78, 5) is 7.07. The predicted molar refractivity (Wildman–Crippen MR) is 94.5 cm³/mol. The second kappa shape index (κ2) is 6.72. The first-order valence-corrected chi connectivity index (χ1v) is 9.30. The minimum atomic E-state index is 0.591. The Balaban J connectivity index is 1.69. The summed E-state index contributed by atoms with van der Waals surface area (Å²) in [5.41, 5.74) is 3.50. The molecule has 3 rings (SSSR count). The fourth-order valence-corrected chi connectivity index (χ4v) is 4.54. The quantitative estimate of drug-likeness (QED) is 0.766. The molecule has 0 spiro atoms. The Morgan fingerprint density at radius 2 is 2.00 bits per heavy atom. The van der Waals surface area contributed by atoms with Gasteiger partial charge >= 0.3 is 0 Å². The molecule has 0 aromatic rings. The summed E-state index contributed by atoms with van der Waals surface area (Å²) in [7, 11) is 1.86. The molecule has 0 unspecified atom stereocenters. The van der Waals surface area contributed by atoms with Crippen LogP contribution in [0.25, 0.3) is 0 Å². The van der Waals surface area contributed by atoms with E-state index in [1.54, 1.807) is 0 Å². The number of aliphatic imine (C=N–C) groups is 1. The highest BCUT2D eigenvalue weighted by atomic mass is 35.5. The lowest BCUT2D eigenvalue weighted by atomic mass is 9.84. The van der Waals surface area contributed by atoms with Crippen molar-refractivity contribution >= 4 is 29.1 Å². The van der Waals surface area contributed by atoms with Crippen LogP contribution >= 0.6 is 23.4 Å². The smallest absolute Gasteiger partial charge is 0.0643 e. The Bertz CT molecular complexity index is 521. The molecule has 2 fully saturated rings. The van der Waals surface area contributed by atoms with Crippen LogP contribution in [0.2, 0.25) is 0 Å². The van der Waals surface area contributed by atoms with Crippen LogP contribution in [0.5, 0.6) is 0 Å². The summed E-state index contributed by atoms with van der Waals surface area (Å²) in [6, 6.07) is 0.838. The van der Waals surface area contributed by atoms with E-state index in [1.807, 2.05) is 14.0 Å². The number of rotatable bonds is 2. The van der Waals surface area contributed by atoms with Crippen molar-refractivity contribution in [3.8, 4) is 0 Å². The van der Waals surface area contributed by atoms with Gasteiger partial charge in [-0.1, -0.05) is 17.7 Å². The van der Waals surface area contributed by atoms with Crippen molar-refractivity contribution in [2.45, 2.75) is 25.8 Å². The van der Waals surface area contributed by atoms with Crippen molar-refractivity contribution in [2.75, 3.05) is 31.6 Å². The second-order valence-corrected chi connectivity index (χ2v) is 7.43. The molecule has 0 saturated carbocycles. The van der Waals surface area contributed by atoms with Gasteiger partial charge in [0, 0.05) is 29.6 Å². The SMILES string of the molecule is C/C=C1/C=C(Cl)C(C2CCN(C3CSC3)CC2)=CC1=NC. The monoisotopic (exact) mass is 322 g/mol. The van der Waals surface area contributed by atoms with Crippen LogP contribution in [0.15, 0.2) is 39.4 Å². The van der Waals surface area contributed by atoms with E-state index in [1.165, 1.54) is 43.0 Å². The Morgan fingerprint density at radius 3 is 2.52 bits per heavy atom. The Kier molecular flexibility index (Phi) is 4.92. The molecule has 2 saturated heterocycles. The standard InChI is InChI=1S/C17H23ClN2S/c1-3-12-8-16(18)15(9-17(12)19-2)13-4-6-20(7-5-13)14-10-21-11-14/h3,8-9,13-14H,4-7,10-11H2,1-2H3/b12-3-,19-17?. The average molecular weight is 323 g/mol. The molecule has 2 heterocycles. The molecule has 0 N–H and O–H groups in total. The van der Waals surface area contributed by atoms with Gasteiger partial charge < -0.3 is 0 Å². The van der Waals surface area contributed by atoms with Gasteiger partial charge in [0.2, 0.25) is 0 Å². The summed E-state index contributed by atoms with van der Waals surface area (Å²) in [5, 5.41) is 0.910. The highest BCUT2D eigenvalue weighted by molar-refractivity contribution is 8.00. The Hall–Kier alpha value is -0.510. The molecule has 114 valence electrons. The lowest BCUT2D eigenvalue weighted by Crippen LogP contribution is -2.48. The molecule has 4 heteroatoms. The number of allylic oxidation sites excluding steroid dienone is 6. The first kappa shape index (κ1) is 15.4. The zero-order valence-electron chi connectivity index (χ0n) is 12.8. The van der Waals surface area contributed by atoms with Gasteiger partial charge in [-0.05, 0) is 62.1 Å². The summed E-state index contributed by atoms with van der Waals surface area (Å²) in [6.07, 6.45) is 8.80. The molecule has 0 aromatic heterocycles. The molecule has 21 heavy (non-hydrogen) atoms. The number of likely N-dealkylation sites (tertiary alicyclic amines) is 1. The molecule has 3 aliphatic rings. The van der Waals surface area contributed by atoms with E-state index >= 15 is 0 Å². The van der Waals surface area contributed by atoms with Crippen molar-refractivity contribution in [1.82, 2.24) is 4.90 Å². The third kappa shape index (κ3) is 3.15. The lowest BCUT2D eigenvalue weighted by Gasteiger charge is -2.42. The summed E-state index contributed by atoms with van der Waals surface area (Å²) < 4.78 is 0. The largest absolute Gasteiger partial charge is 0.299 e. The van der Waals surface area contributed by atoms with E-state index < -0.39 is 0 Å². The van der Waals surface area contributed by atoms with Gasteiger partial charge in [0.15, 0.2) is 0 Å². The van der Waals surface area contributed by atoms with Gasteiger partial charge in [-0.2, -0.15) is 11.8 Å². The third-order valence-corrected chi connectivity index (χ3v) is 6.37. The minimum absolute atomic E-state index is 0.591. The van der Waals surface area contributed by atoms with Gasteiger partial charge in [0.1, 0.15) is 0 Å². The number of hydrogen-bond donors (Lipinski definition) is 0. The molecule has 0 radical (unpaired) electrons. The summed E-state index contributed by atoms with van der Waals surface area (Å²) >= 11 is 8.60. The van der Waals surface area contributed by atoms with Crippen LogP contribution < -0.4 is 0 Å². The number of thioether (sulfide) groups is 1. The molecule has 0 atom stereocenters. The van der Waals surface area contributed by atoms with E-state index in [9.17, 15) is 0 Å². The van der Waals surface area contributed by atoms with Crippen molar-refractivity contribution < 1.29 is 0 Å². The normalized spacial score (nSPS) is 29.5. The molecule has 0 amide bonds. The number of piperidine rings is 1. The maximum Gasteiger partial charge on any atom is 0.0643 e. The van der Waals surface area contributed by atoms with Crippen molar-refractivity contribution in [1.29, 1.82) is 0 Å². The maximum atomic E-state index is 6.53. The zero-order valence-corrected chi connectivity index (χ0v) is 14.4. The van der Waals surface area contributed by atoms with E-state index in [0.29, 0.717) is 5.92 Å². The fourth-order valence-electron chi connectivity index (χ4n) is 3.34. The van der Waals surface area contributed by atoms with Gasteiger partial charge in [-0.25, -0.2) is 0 Å².